The fraction of sp³-hybridized carbons (Fsp3) is 0.0500. The molecule has 0 bridgehead atoms. The number of nitrogens with one attached hydrogen (secondary N) is 2. The summed E-state index contributed by atoms with van der Waals surface area (Å²) in [5.41, 5.74) is 3.25. The topological polar surface area (TPSA) is 66.9 Å². The van der Waals surface area contributed by atoms with Crippen LogP contribution in [0.2, 0.25) is 5.02 Å². The van der Waals surface area contributed by atoms with Crippen LogP contribution in [0.25, 0.3) is 10.2 Å². The van der Waals surface area contributed by atoms with Crippen molar-refractivity contribution in [3.63, 3.8) is 0 Å². The Labute approximate surface area is 165 Å². The number of hydrogen-bond acceptors (Lipinski definition) is 5. The summed E-state index contributed by atoms with van der Waals surface area (Å²) in [6.45, 7) is 2.03. The van der Waals surface area contributed by atoms with Crippen LogP contribution in [-0.2, 0) is 0 Å². The van der Waals surface area contributed by atoms with E-state index in [1.807, 2.05) is 31.2 Å². The van der Waals surface area contributed by atoms with Gasteiger partial charge in [-0.15, -0.1) is 0 Å². The van der Waals surface area contributed by atoms with Gasteiger partial charge in [-0.2, -0.15) is 0 Å². The van der Waals surface area contributed by atoms with Crippen LogP contribution in [0.5, 0.6) is 0 Å². The summed E-state index contributed by atoms with van der Waals surface area (Å²) in [4.78, 5) is 21.5. The molecule has 5 nitrogen and oxygen atoms in total. The van der Waals surface area contributed by atoms with Crippen LogP contribution in [0, 0.1) is 6.92 Å². The van der Waals surface area contributed by atoms with E-state index >= 15 is 0 Å². The van der Waals surface area contributed by atoms with Crippen molar-refractivity contribution in [2.75, 3.05) is 10.6 Å². The Balaban J connectivity index is 1.58. The molecule has 0 atom stereocenters. The van der Waals surface area contributed by atoms with Crippen molar-refractivity contribution in [1.29, 1.82) is 0 Å². The highest BCUT2D eigenvalue weighted by Crippen LogP contribution is 2.28. The average molecular weight is 395 g/mol. The molecule has 4 rings (SSSR count). The third kappa shape index (κ3) is 3.92. The fourth-order valence-electron chi connectivity index (χ4n) is 2.61. The minimum absolute atomic E-state index is 0.268. The normalized spacial score (nSPS) is 10.7. The second-order valence-corrected chi connectivity index (χ2v) is 7.44. The summed E-state index contributed by atoms with van der Waals surface area (Å²) in [7, 11) is 0. The molecule has 2 aromatic carbocycles. The van der Waals surface area contributed by atoms with E-state index in [-0.39, 0.29) is 5.91 Å². The number of rotatable bonds is 4. The van der Waals surface area contributed by atoms with Gasteiger partial charge in [-0.25, -0.2) is 9.97 Å². The lowest BCUT2D eigenvalue weighted by Gasteiger charge is -2.10. The smallest absolute Gasteiger partial charge is 0.261 e. The molecule has 7 heteroatoms. The van der Waals surface area contributed by atoms with E-state index < -0.39 is 0 Å². The van der Waals surface area contributed by atoms with Gasteiger partial charge < -0.3 is 5.32 Å². The first-order valence-electron chi connectivity index (χ1n) is 8.25. The maximum atomic E-state index is 12.8. The van der Waals surface area contributed by atoms with E-state index in [0.717, 1.165) is 21.5 Å². The van der Waals surface area contributed by atoms with Gasteiger partial charge in [0.15, 0.2) is 5.13 Å². The van der Waals surface area contributed by atoms with Crippen molar-refractivity contribution in [3.8, 4) is 0 Å². The van der Waals surface area contributed by atoms with Crippen molar-refractivity contribution >= 4 is 55.7 Å². The molecule has 0 fully saturated rings. The van der Waals surface area contributed by atoms with E-state index in [1.165, 1.54) is 11.3 Å². The summed E-state index contributed by atoms with van der Waals surface area (Å²) in [6.07, 6.45) is 1.63. The van der Waals surface area contributed by atoms with Crippen LogP contribution in [0.1, 0.15) is 15.9 Å². The molecule has 0 unspecified atom stereocenters. The molecule has 0 aliphatic carbocycles. The highest BCUT2D eigenvalue weighted by atomic mass is 35.5. The number of amides is 1. The monoisotopic (exact) mass is 394 g/mol. The highest BCUT2D eigenvalue weighted by molar-refractivity contribution is 7.22. The molecule has 4 aromatic rings. The fourth-order valence-corrected chi connectivity index (χ4v) is 3.69. The minimum atomic E-state index is -0.268. The molecule has 27 heavy (non-hydrogen) atoms. The number of aromatic nitrogens is 2. The van der Waals surface area contributed by atoms with E-state index in [2.05, 4.69) is 26.7 Å². The van der Waals surface area contributed by atoms with E-state index in [0.29, 0.717) is 21.5 Å². The molecule has 0 aliphatic heterocycles. The van der Waals surface area contributed by atoms with Crippen LogP contribution in [0.4, 0.5) is 16.6 Å². The van der Waals surface area contributed by atoms with Gasteiger partial charge in [-0.1, -0.05) is 29.0 Å². The predicted molar refractivity (Wildman–Crippen MR) is 111 cm³/mol. The number of anilines is 3. The van der Waals surface area contributed by atoms with Crippen molar-refractivity contribution < 1.29 is 4.79 Å². The molecule has 0 radical (unpaired) electrons. The Bertz CT molecular complexity index is 1120. The zero-order chi connectivity index (χ0) is 18.8. The first-order chi connectivity index (χ1) is 13.1. The molecule has 2 aromatic heterocycles. The van der Waals surface area contributed by atoms with Gasteiger partial charge in [0.05, 0.1) is 15.8 Å². The Morgan fingerprint density at radius 2 is 1.93 bits per heavy atom. The number of aryl methyl sites for hydroxylation is 1. The molecule has 0 spiro atoms. The second-order valence-electron chi connectivity index (χ2n) is 5.98. The van der Waals surface area contributed by atoms with Crippen LogP contribution in [0.15, 0.2) is 60.8 Å². The summed E-state index contributed by atoms with van der Waals surface area (Å²) in [6, 6.07) is 16.7. The molecule has 0 saturated heterocycles. The molecule has 0 aliphatic rings. The first-order valence-corrected chi connectivity index (χ1v) is 9.44. The van der Waals surface area contributed by atoms with E-state index in [9.17, 15) is 4.79 Å². The minimum Gasteiger partial charge on any atom is -0.340 e. The number of fused-ring (bicyclic) bond motifs is 1. The molecule has 0 saturated carbocycles. The second kappa shape index (κ2) is 7.34. The average Bonchev–Trinajstić information content (AvgIpc) is 3.05. The number of nitrogens with zero attached hydrogens (tertiary/aromatic N) is 2. The Kier molecular flexibility index (Phi) is 4.75. The number of carbonyl (C=O) groups is 1. The largest absolute Gasteiger partial charge is 0.340 e. The van der Waals surface area contributed by atoms with Crippen LogP contribution in [0.3, 0.4) is 0 Å². The summed E-state index contributed by atoms with van der Waals surface area (Å²) in [5, 5.41) is 7.22. The summed E-state index contributed by atoms with van der Waals surface area (Å²) < 4.78 is 1.04. The van der Waals surface area contributed by atoms with Crippen molar-refractivity contribution in [2.45, 2.75) is 6.92 Å². The number of carbonyl (C=O) groups excluding carboxylic acids is 1. The Hall–Kier alpha value is -2.96. The standard InChI is InChI=1S/C20H15ClN4OS/c1-12-4-9-16-17(11-12)27-20(24-16)25-19(26)15-3-2-10-22-18(15)23-14-7-5-13(21)6-8-14/h2-11H,1H3,(H,22,23)(H,24,25,26). The van der Waals surface area contributed by atoms with E-state index in [4.69, 9.17) is 11.6 Å². The quantitative estimate of drug-likeness (QED) is 0.469. The lowest BCUT2D eigenvalue weighted by Crippen LogP contribution is -2.14. The van der Waals surface area contributed by atoms with Gasteiger partial charge in [0.2, 0.25) is 0 Å². The van der Waals surface area contributed by atoms with Crippen LogP contribution >= 0.6 is 22.9 Å². The lowest BCUT2D eigenvalue weighted by molar-refractivity contribution is 0.102. The lowest BCUT2D eigenvalue weighted by atomic mass is 10.2. The SMILES string of the molecule is Cc1ccc2nc(NC(=O)c3cccnc3Nc3ccc(Cl)cc3)sc2c1. The Morgan fingerprint density at radius 1 is 1.11 bits per heavy atom. The molecule has 134 valence electrons. The van der Waals surface area contributed by atoms with Crippen LogP contribution in [-0.4, -0.2) is 15.9 Å². The molecule has 1 amide bonds. The van der Waals surface area contributed by atoms with Crippen molar-refractivity contribution in [3.05, 3.63) is 76.9 Å². The zero-order valence-electron chi connectivity index (χ0n) is 14.4. The molecular weight excluding hydrogens is 380 g/mol. The van der Waals surface area contributed by atoms with Gasteiger partial charge in [0.25, 0.3) is 5.91 Å². The Morgan fingerprint density at radius 3 is 2.74 bits per heavy atom. The maximum absolute atomic E-state index is 12.8. The van der Waals surface area contributed by atoms with Gasteiger partial charge >= 0.3 is 0 Å². The third-order valence-electron chi connectivity index (χ3n) is 3.92. The number of thiazole rings is 1. The number of benzene rings is 2. The summed E-state index contributed by atoms with van der Waals surface area (Å²) >= 11 is 7.36. The van der Waals surface area contributed by atoms with Gasteiger partial charge in [0.1, 0.15) is 5.82 Å². The zero-order valence-corrected chi connectivity index (χ0v) is 15.9. The van der Waals surface area contributed by atoms with Gasteiger partial charge in [-0.3, -0.25) is 10.1 Å². The molecule has 2 N–H and O–H groups in total. The predicted octanol–water partition coefficient (Wildman–Crippen LogP) is 5.65. The van der Waals surface area contributed by atoms with Crippen molar-refractivity contribution in [1.82, 2.24) is 9.97 Å². The van der Waals surface area contributed by atoms with E-state index in [1.54, 1.807) is 30.5 Å². The van der Waals surface area contributed by atoms with Gasteiger partial charge in [0, 0.05) is 16.9 Å². The molecular formula is C20H15ClN4OS. The maximum Gasteiger partial charge on any atom is 0.261 e. The van der Waals surface area contributed by atoms with Crippen LogP contribution < -0.4 is 10.6 Å². The third-order valence-corrected chi connectivity index (χ3v) is 5.11. The number of pyridine rings is 1. The van der Waals surface area contributed by atoms with Crippen molar-refractivity contribution in [2.24, 2.45) is 0 Å². The molecule has 2 heterocycles. The first kappa shape index (κ1) is 17.5. The number of hydrogen-bond donors (Lipinski definition) is 2. The van der Waals surface area contributed by atoms with Gasteiger partial charge in [-0.05, 0) is 61.0 Å². The summed E-state index contributed by atoms with van der Waals surface area (Å²) in [5.74, 6) is 0.199. The number of halogens is 1. The highest BCUT2D eigenvalue weighted by Gasteiger charge is 2.15.